The highest BCUT2D eigenvalue weighted by atomic mass is 32.1. The highest BCUT2D eigenvalue weighted by molar-refractivity contribution is 7.80. The molecule has 2 N–H and O–H groups in total. The third-order valence-corrected chi connectivity index (χ3v) is 3.29. The van der Waals surface area contributed by atoms with E-state index in [0.29, 0.717) is 0 Å². The second kappa shape index (κ2) is 3.07. The van der Waals surface area contributed by atoms with Crippen molar-refractivity contribution >= 4 is 17.3 Å². The van der Waals surface area contributed by atoms with Gasteiger partial charge in [0.2, 0.25) is 0 Å². The van der Waals surface area contributed by atoms with Crippen molar-refractivity contribution < 1.29 is 0 Å². The summed E-state index contributed by atoms with van der Waals surface area (Å²) in [5.41, 5.74) is 3.66. The number of hydrogen-bond donors (Lipinski definition) is 2. The van der Waals surface area contributed by atoms with E-state index in [2.05, 4.69) is 36.5 Å². The summed E-state index contributed by atoms with van der Waals surface area (Å²) >= 11 is 5.35. The highest BCUT2D eigenvalue weighted by Gasteiger charge is 2.45. The Kier molecular flexibility index (Phi) is 2.23. The molecule has 1 saturated heterocycles. The fraction of sp³-hybridized carbons (Fsp3) is 0.900. The predicted molar refractivity (Wildman–Crippen MR) is 61.7 cm³/mol. The lowest BCUT2D eigenvalue weighted by Crippen LogP contribution is -2.53. The van der Waals surface area contributed by atoms with Crippen LogP contribution in [0, 0.1) is 0 Å². The normalized spacial score (nSPS) is 25.9. The Balaban J connectivity index is 2.14. The summed E-state index contributed by atoms with van der Waals surface area (Å²) in [5.74, 6) is 0. The Morgan fingerprint density at radius 2 is 1.86 bits per heavy atom. The van der Waals surface area contributed by atoms with E-state index in [1.807, 2.05) is 0 Å². The number of nitrogens with one attached hydrogen (secondary N) is 2. The van der Waals surface area contributed by atoms with Crippen molar-refractivity contribution in [3.63, 3.8) is 0 Å². The van der Waals surface area contributed by atoms with Gasteiger partial charge in [-0.25, -0.2) is 5.43 Å². The fourth-order valence-electron chi connectivity index (χ4n) is 2.24. The van der Waals surface area contributed by atoms with Gasteiger partial charge in [0, 0.05) is 0 Å². The third-order valence-electron chi connectivity index (χ3n) is 3.00. The maximum atomic E-state index is 5.35. The van der Waals surface area contributed by atoms with Gasteiger partial charge in [-0.2, -0.15) is 0 Å². The molecule has 0 bridgehead atoms. The van der Waals surface area contributed by atoms with Crippen molar-refractivity contribution in [2.75, 3.05) is 0 Å². The summed E-state index contributed by atoms with van der Waals surface area (Å²) < 4.78 is 0. The molecule has 80 valence electrons. The molecule has 1 saturated carbocycles. The van der Waals surface area contributed by atoms with Crippen LogP contribution in [-0.2, 0) is 0 Å². The van der Waals surface area contributed by atoms with Crippen LogP contribution in [-0.4, -0.2) is 21.3 Å². The zero-order chi connectivity index (χ0) is 10.4. The van der Waals surface area contributed by atoms with Crippen molar-refractivity contribution in [1.29, 1.82) is 0 Å². The first-order valence-electron chi connectivity index (χ1n) is 5.33. The van der Waals surface area contributed by atoms with E-state index in [-0.39, 0.29) is 11.2 Å². The smallest absolute Gasteiger partial charge is 0.185 e. The van der Waals surface area contributed by atoms with Crippen LogP contribution in [0.3, 0.4) is 0 Å². The number of nitrogens with zero attached hydrogens (tertiary/aromatic N) is 1. The molecule has 1 aliphatic carbocycles. The molecule has 4 heteroatoms. The first kappa shape index (κ1) is 10.2. The van der Waals surface area contributed by atoms with E-state index < -0.39 is 0 Å². The van der Waals surface area contributed by atoms with Gasteiger partial charge in [0.15, 0.2) is 5.11 Å². The molecule has 0 atom stereocenters. The molecule has 0 radical (unpaired) electrons. The molecular formula is C10H19N3S. The second-order valence-electron chi connectivity index (χ2n) is 5.34. The Morgan fingerprint density at radius 1 is 1.29 bits per heavy atom. The van der Waals surface area contributed by atoms with E-state index in [1.54, 1.807) is 0 Å². The number of hydrogen-bond acceptors (Lipinski definition) is 2. The lowest BCUT2D eigenvalue weighted by Gasteiger charge is -2.33. The summed E-state index contributed by atoms with van der Waals surface area (Å²) in [6, 6.07) is 0. The second-order valence-corrected chi connectivity index (χ2v) is 5.72. The van der Waals surface area contributed by atoms with Crippen LogP contribution in [0.25, 0.3) is 0 Å². The summed E-state index contributed by atoms with van der Waals surface area (Å²) in [4.78, 5) is 0. The summed E-state index contributed by atoms with van der Waals surface area (Å²) in [7, 11) is 0. The number of thiocarbonyl (C=S) groups is 1. The maximum Gasteiger partial charge on any atom is 0.185 e. The van der Waals surface area contributed by atoms with Crippen molar-refractivity contribution in [2.24, 2.45) is 0 Å². The molecule has 0 aromatic heterocycles. The van der Waals surface area contributed by atoms with E-state index in [4.69, 9.17) is 12.2 Å². The van der Waals surface area contributed by atoms with Gasteiger partial charge in [-0.1, -0.05) is 0 Å². The zero-order valence-corrected chi connectivity index (χ0v) is 10.0. The van der Waals surface area contributed by atoms with Crippen molar-refractivity contribution in [3.8, 4) is 0 Å². The van der Waals surface area contributed by atoms with Gasteiger partial charge in [0.05, 0.1) is 5.54 Å². The van der Waals surface area contributed by atoms with Gasteiger partial charge >= 0.3 is 0 Å². The number of rotatable bonds is 0. The van der Waals surface area contributed by atoms with Crippen LogP contribution in [0.1, 0.15) is 46.5 Å². The van der Waals surface area contributed by atoms with Crippen LogP contribution >= 0.6 is 12.2 Å². The summed E-state index contributed by atoms with van der Waals surface area (Å²) in [6.45, 7) is 6.51. The minimum absolute atomic E-state index is 0.0518. The first-order valence-corrected chi connectivity index (χ1v) is 5.74. The Labute approximate surface area is 91.2 Å². The minimum atomic E-state index is 0.0518. The molecule has 0 aromatic carbocycles. The van der Waals surface area contributed by atoms with E-state index >= 15 is 0 Å². The topological polar surface area (TPSA) is 27.3 Å². The third kappa shape index (κ3) is 1.61. The van der Waals surface area contributed by atoms with Gasteiger partial charge in [-0.3, -0.25) is 5.01 Å². The van der Waals surface area contributed by atoms with Crippen LogP contribution in [0.5, 0.6) is 0 Å². The van der Waals surface area contributed by atoms with Crippen molar-refractivity contribution in [1.82, 2.24) is 15.8 Å². The van der Waals surface area contributed by atoms with Crippen LogP contribution < -0.4 is 10.7 Å². The van der Waals surface area contributed by atoms with Gasteiger partial charge in [-0.05, 0) is 58.7 Å². The van der Waals surface area contributed by atoms with E-state index in [0.717, 1.165) is 5.11 Å². The average Bonchev–Trinajstić information content (AvgIpc) is 2.59. The van der Waals surface area contributed by atoms with Crippen LogP contribution in [0.2, 0.25) is 0 Å². The van der Waals surface area contributed by atoms with Crippen LogP contribution in [0.15, 0.2) is 0 Å². The quantitative estimate of drug-likeness (QED) is 0.600. The predicted octanol–water partition coefficient (Wildman–Crippen LogP) is 1.75. The molecule has 0 unspecified atom stereocenters. The van der Waals surface area contributed by atoms with Crippen LogP contribution in [0.4, 0.5) is 0 Å². The molecule has 1 spiro atoms. The highest BCUT2D eigenvalue weighted by Crippen LogP contribution is 2.32. The molecule has 3 nitrogen and oxygen atoms in total. The molecule has 0 amide bonds. The molecule has 2 fully saturated rings. The minimum Gasteiger partial charge on any atom is -0.342 e. The van der Waals surface area contributed by atoms with E-state index in [9.17, 15) is 0 Å². The molecule has 1 heterocycles. The number of hydrazine groups is 1. The largest absolute Gasteiger partial charge is 0.342 e. The maximum absolute atomic E-state index is 5.35. The summed E-state index contributed by atoms with van der Waals surface area (Å²) in [6.07, 6.45) is 4.95. The Morgan fingerprint density at radius 3 is 2.29 bits per heavy atom. The monoisotopic (exact) mass is 213 g/mol. The standard InChI is InChI=1S/C10H19N3S/c1-9(2,3)13-8(14)11-10(12-13)6-4-5-7-10/h12H,4-7H2,1-3H3,(H,11,14). The van der Waals surface area contributed by atoms with Gasteiger partial charge < -0.3 is 5.32 Å². The lowest BCUT2D eigenvalue weighted by molar-refractivity contribution is 0.133. The van der Waals surface area contributed by atoms with Gasteiger partial charge in [0.1, 0.15) is 5.66 Å². The van der Waals surface area contributed by atoms with Gasteiger partial charge in [0.25, 0.3) is 0 Å². The zero-order valence-electron chi connectivity index (χ0n) is 9.18. The lowest BCUT2D eigenvalue weighted by atomic mass is 10.1. The molecule has 2 aliphatic rings. The molecule has 14 heavy (non-hydrogen) atoms. The van der Waals surface area contributed by atoms with Crippen molar-refractivity contribution in [2.45, 2.75) is 57.7 Å². The van der Waals surface area contributed by atoms with Gasteiger partial charge in [-0.15, -0.1) is 0 Å². The average molecular weight is 213 g/mol. The molecule has 1 aliphatic heterocycles. The molecular weight excluding hydrogens is 194 g/mol. The van der Waals surface area contributed by atoms with Crippen molar-refractivity contribution in [3.05, 3.63) is 0 Å². The SMILES string of the molecule is CC(C)(C)N1NC2(CCCC2)NC1=S. The fourth-order valence-corrected chi connectivity index (χ4v) is 2.76. The Hall–Kier alpha value is -0.350. The molecule has 0 aromatic rings. The Bertz CT molecular complexity index is 251. The molecule has 2 rings (SSSR count). The first-order chi connectivity index (χ1) is 6.43. The summed E-state index contributed by atoms with van der Waals surface area (Å²) in [5, 5.41) is 6.37. The van der Waals surface area contributed by atoms with E-state index in [1.165, 1.54) is 25.7 Å².